The van der Waals surface area contributed by atoms with Crippen molar-refractivity contribution in [1.82, 2.24) is 4.57 Å². The quantitative estimate of drug-likeness (QED) is 0.410. The topological polar surface area (TPSA) is 113 Å². The molecule has 8 nitrogen and oxygen atoms in total. The molecule has 32 heavy (non-hydrogen) atoms. The largest absolute Gasteiger partial charge is 0.494 e. The first-order valence-electron chi connectivity index (χ1n) is 10.1. The first-order chi connectivity index (χ1) is 15.1. The van der Waals surface area contributed by atoms with E-state index in [0.29, 0.717) is 11.6 Å². The van der Waals surface area contributed by atoms with Crippen molar-refractivity contribution in [3.8, 4) is 23.9 Å². The molecular formula is C24H24N6O2. The van der Waals surface area contributed by atoms with Gasteiger partial charge in [-0.2, -0.15) is 5.26 Å². The monoisotopic (exact) mass is 428 g/mol. The number of nitriles is 2. The third kappa shape index (κ3) is 4.02. The lowest BCUT2D eigenvalue weighted by molar-refractivity contribution is 0.406. The number of rotatable bonds is 5. The Kier molecular flexibility index (Phi) is 5.96. The van der Waals surface area contributed by atoms with Crippen LogP contribution in [0.1, 0.15) is 33.3 Å². The summed E-state index contributed by atoms with van der Waals surface area (Å²) in [5.74, 6) is -0.343. The number of aliphatic imine (C=N–C) groups is 1. The van der Waals surface area contributed by atoms with Gasteiger partial charge in [-0.15, -0.1) is 0 Å². The third-order valence-electron chi connectivity index (χ3n) is 5.33. The molecule has 0 bridgehead atoms. The predicted octanol–water partition coefficient (Wildman–Crippen LogP) is 4.60. The number of hydrogen-bond donors (Lipinski definition) is 2. The Hall–Kier alpha value is -4.22. The summed E-state index contributed by atoms with van der Waals surface area (Å²) < 4.78 is 0.861. The van der Waals surface area contributed by atoms with Gasteiger partial charge in [-0.25, -0.2) is 15.1 Å². The first-order valence-corrected chi connectivity index (χ1v) is 10.1. The molecular weight excluding hydrogens is 404 g/mol. The Balaban J connectivity index is 2.13. The number of fused-ring (bicyclic) bond motifs is 1. The highest BCUT2D eigenvalue weighted by Gasteiger charge is 2.36. The SMILES string of the molecule is [C-]#[N+]C(C#N)=C(C(C#N)=Nc1ccc2c(c1)CC(C)(C)N2CC(C)C)n1c(O)ccc1O. The van der Waals surface area contributed by atoms with Crippen LogP contribution in [0.2, 0.25) is 0 Å². The number of benzene rings is 1. The van der Waals surface area contributed by atoms with E-state index in [2.05, 4.69) is 42.4 Å². The van der Waals surface area contributed by atoms with Crippen LogP contribution in [-0.4, -0.2) is 32.6 Å². The van der Waals surface area contributed by atoms with Crippen LogP contribution in [0.25, 0.3) is 10.5 Å². The van der Waals surface area contributed by atoms with Gasteiger partial charge in [0.1, 0.15) is 11.8 Å². The van der Waals surface area contributed by atoms with Crippen molar-refractivity contribution in [2.75, 3.05) is 11.4 Å². The molecule has 1 aliphatic heterocycles. The van der Waals surface area contributed by atoms with Crippen molar-refractivity contribution in [3.63, 3.8) is 0 Å². The third-order valence-corrected chi connectivity index (χ3v) is 5.33. The number of allylic oxidation sites excluding steroid dienone is 2. The molecule has 3 rings (SSSR count). The molecule has 1 aromatic carbocycles. The molecule has 0 amide bonds. The van der Waals surface area contributed by atoms with Crippen molar-refractivity contribution in [1.29, 1.82) is 10.5 Å². The smallest absolute Gasteiger partial charge is 0.288 e. The van der Waals surface area contributed by atoms with Crippen LogP contribution in [0.4, 0.5) is 11.4 Å². The number of anilines is 1. The van der Waals surface area contributed by atoms with Gasteiger partial charge in [0.25, 0.3) is 5.70 Å². The van der Waals surface area contributed by atoms with E-state index >= 15 is 0 Å². The fourth-order valence-corrected chi connectivity index (χ4v) is 4.00. The van der Waals surface area contributed by atoms with Crippen molar-refractivity contribution < 1.29 is 10.2 Å². The van der Waals surface area contributed by atoms with Gasteiger partial charge < -0.3 is 15.1 Å². The van der Waals surface area contributed by atoms with Gasteiger partial charge >= 0.3 is 0 Å². The zero-order chi connectivity index (χ0) is 23.6. The summed E-state index contributed by atoms with van der Waals surface area (Å²) in [6.07, 6.45) is 0.813. The summed E-state index contributed by atoms with van der Waals surface area (Å²) in [4.78, 5) is 9.92. The van der Waals surface area contributed by atoms with Crippen LogP contribution < -0.4 is 4.90 Å². The second-order valence-electron chi connectivity index (χ2n) is 8.68. The minimum absolute atomic E-state index is 0.0567. The molecule has 2 heterocycles. The molecule has 0 spiro atoms. The van der Waals surface area contributed by atoms with Crippen molar-refractivity contribution in [2.45, 2.75) is 39.7 Å². The number of hydrogen-bond acceptors (Lipinski definition) is 6. The van der Waals surface area contributed by atoms with Crippen LogP contribution in [0.5, 0.6) is 11.8 Å². The molecule has 0 fully saturated rings. The maximum absolute atomic E-state index is 10.1. The van der Waals surface area contributed by atoms with Crippen LogP contribution in [-0.2, 0) is 6.42 Å². The van der Waals surface area contributed by atoms with E-state index in [1.807, 2.05) is 18.2 Å². The minimum Gasteiger partial charge on any atom is -0.494 e. The van der Waals surface area contributed by atoms with Crippen LogP contribution in [0.15, 0.2) is 41.0 Å². The van der Waals surface area contributed by atoms with Gasteiger partial charge in [0.2, 0.25) is 0 Å². The van der Waals surface area contributed by atoms with Gasteiger partial charge in [-0.1, -0.05) is 13.8 Å². The zero-order valence-corrected chi connectivity index (χ0v) is 18.5. The van der Waals surface area contributed by atoms with E-state index in [0.717, 1.165) is 28.8 Å². The lowest BCUT2D eigenvalue weighted by Gasteiger charge is -2.35. The lowest BCUT2D eigenvalue weighted by atomic mass is 9.98. The predicted molar refractivity (Wildman–Crippen MR) is 122 cm³/mol. The fourth-order valence-electron chi connectivity index (χ4n) is 4.00. The molecule has 0 saturated carbocycles. The van der Waals surface area contributed by atoms with Gasteiger partial charge in [-0.05, 0) is 49.9 Å². The highest BCUT2D eigenvalue weighted by molar-refractivity contribution is 6.29. The Bertz CT molecular complexity index is 1210. The standard InChI is InChI=1S/C24H24N6O2/c1-15(2)14-29-20-7-6-17(10-16(20)11-24(29,3)4)28-19(13-26)23(18(12-25)27-5)30-21(31)8-9-22(30)32/h6-10,15,31-32H,11,14H2,1-4H3. The van der Waals surface area contributed by atoms with Gasteiger partial charge in [0.15, 0.2) is 17.5 Å². The number of nitrogens with zero attached hydrogens (tertiary/aromatic N) is 6. The van der Waals surface area contributed by atoms with Gasteiger partial charge in [-0.3, -0.25) is 4.57 Å². The van der Waals surface area contributed by atoms with Crippen LogP contribution >= 0.6 is 0 Å². The molecule has 1 aromatic heterocycles. The highest BCUT2D eigenvalue weighted by Crippen LogP contribution is 2.41. The normalized spacial score (nSPS) is 15.6. The highest BCUT2D eigenvalue weighted by atomic mass is 16.3. The summed E-state index contributed by atoms with van der Waals surface area (Å²) >= 11 is 0. The van der Waals surface area contributed by atoms with Gasteiger partial charge in [0, 0.05) is 29.9 Å². The summed E-state index contributed by atoms with van der Waals surface area (Å²) in [5.41, 5.74) is 1.63. The summed E-state index contributed by atoms with van der Waals surface area (Å²) in [6.45, 7) is 16.9. The Labute approximate surface area is 187 Å². The molecule has 0 saturated heterocycles. The summed E-state index contributed by atoms with van der Waals surface area (Å²) in [5, 5.41) is 39.4. The maximum atomic E-state index is 10.1. The number of aromatic hydroxyl groups is 2. The first kappa shape index (κ1) is 22.5. The van der Waals surface area contributed by atoms with E-state index in [4.69, 9.17) is 6.57 Å². The summed E-state index contributed by atoms with van der Waals surface area (Å²) in [6, 6.07) is 11.7. The molecule has 2 aromatic rings. The summed E-state index contributed by atoms with van der Waals surface area (Å²) in [7, 11) is 0. The molecule has 0 atom stereocenters. The van der Waals surface area contributed by atoms with Crippen molar-refractivity contribution in [3.05, 3.63) is 53.0 Å². The minimum atomic E-state index is -0.475. The molecule has 0 unspecified atom stereocenters. The van der Waals surface area contributed by atoms with Crippen LogP contribution in [0, 0.1) is 35.2 Å². The van der Waals surface area contributed by atoms with E-state index in [1.54, 1.807) is 12.1 Å². The molecule has 0 aliphatic carbocycles. The maximum Gasteiger partial charge on any atom is 0.288 e. The Morgan fingerprint density at radius 2 is 1.84 bits per heavy atom. The van der Waals surface area contributed by atoms with E-state index in [-0.39, 0.29) is 16.9 Å². The number of aromatic nitrogens is 1. The van der Waals surface area contributed by atoms with Gasteiger partial charge in [0.05, 0.1) is 18.3 Å². The molecule has 8 heteroatoms. The van der Waals surface area contributed by atoms with Crippen LogP contribution in [0.3, 0.4) is 0 Å². The van der Waals surface area contributed by atoms with Crippen molar-refractivity contribution in [2.24, 2.45) is 10.9 Å². The fraction of sp³-hybridized carbons (Fsp3) is 0.333. The average Bonchev–Trinajstić information content (AvgIpc) is 3.19. The Morgan fingerprint density at radius 3 is 2.38 bits per heavy atom. The molecule has 0 radical (unpaired) electrons. The molecule has 2 N–H and O–H groups in total. The second-order valence-corrected chi connectivity index (χ2v) is 8.68. The zero-order valence-electron chi connectivity index (χ0n) is 18.5. The molecule has 162 valence electrons. The van der Waals surface area contributed by atoms with E-state index < -0.39 is 17.5 Å². The average molecular weight is 428 g/mol. The second kappa shape index (κ2) is 8.49. The van der Waals surface area contributed by atoms with E-state index in [9.17, 15) is 20.7 Å². The van der Waals surface area contributed by atoms with Crippen molar-refractivity contribution >= 4 is 22.8 Å². The lowest BCUT2D eigenvalue weighted by Crippen LogP contribution is -2.43. The van der Waals surface area contributed by atoms with E-state index in [1.165, 1.54) is 12.1 Å². The Morgan fingerprint density at radius 1 is 1.19 bits per heavy atom. The molecule has 1 aliphatic rings.